The molecule has 2 rings (SSSR count). The molecule has 0 fully saturated rings. The summed E-state index contributed by atoms with van der Waals surface area (Å²) in [7, 11) is 1.90. The topological polar surface area (TPSA) is 97.6 Å². The van der Waals surface area contributed by atoms with E-state index in [1.54, 1.807) is 18.3 Å². The summed E-state index contributed by atoms with van der Waals surface area (Å²) in [5, 5.41) is 14.6. The quantitative estimate of drug-likeness (QED) is 0.481. The number of nitrogens with one attached hydrogen (secondary N) is 1. The van der Waals surface area contributed by atoms with Crippen molar-refractivity contribution in [2.45, 2.75) is 32.8 Å². The van der Waals surface area contributed by atoms with Crippen LogP contribution in [0.2, 0.25) is 0 Å². The first-order valence-corrected chi connectivity index (χ1v) is 8.39. The van der Waals surface area contributed by atoms with Crippen molar-refractivity contribution in [3.63, 3.8) is 0 Å². The molecule has 1 amide bonds. The molecule has 0 radical (unpaired) electrons. The number of alkyl carbamates (subject to hydrolysis) is 1. The number of nitrogens with zero attached hydrogens (tertiary/aromatic N) is 3. The molecule has 0 bridgehead atoms. The minimum atomic E-state index is -0.522. The van der Waals surface area contributed by atoms with Gasteiger partial charge in [-0.15, -0.1) is 0 Å². The van der Waals surface area contributed by atoms with Gasteiger partial charge in [0.15, 0.2) is 0 Å². The molecular formula is C18H24N4O4. The summed E-state index contributed by atoms with van der Waals surface area (Å²) < 4.78 is 5.19. The maximum absolute atomic E-state index is 11.6. The van der Waals surface area contributed by atoms with Crippen LogP contribution < -0.4 is 10.2 Å². The van der Waals surface area contributed by atoms with Crippen LogP contribution in [0.15, 0.2) is 30.5 Å². The lowest BCUT2D eigenvalue weighted by Crippen LogP contribution is -2.34. The molecule has 1 heterocycles. The highest BCUT2D eigenvalue weighted by molar-refractivity contribution is 5.97. The van der Waals surface area contributed by atoms with E-state index < -0.39 is 16.6 Å². The van der Waals surface area contributed by atoms with Crippen molar-refractivity contribution in [1.29, 1.82) is 0 Å². The van der Waals surface area contributed by atoms with Gasteiger partial charge in [0, 0.05) is 43.5 Å². The molecular weight excluding hydrogens is 336 g/mol. The number of rotatable bonds is 6. The molecule has 1 aromatic carbocycles. The van der Waals surface area contributed by atoms with Crippen molar-refractivity contribution in [2.75, 3.05) is 25.0 Å². The van der Waals surface area contributed by atoms with Crippen molar-refractivity contribution in [3.05, 3.63) is 40.6 Å². The Bertz CT molecular complexity index is 801. The third-order valence-electron chi connectivity index (χ3n) is 3.67. The number of anilines is 1. The number of ether oxygens (including phenoxy) is 1. The monoisotopic (exact) mass is 360 g/mol. The number of non-ortho nitro benzene ring substituents is 1. The Kier molecular flexibility index (Phi) is 5.97. The number of pyridine rings is 1. The molecule has 0 spiro atoms. The van der Waals surface area contributed by atoms with Crippen molar-refractivity contribution < 1.29 is 14.5 Å². The number of benzene rings is 1. The van der Waals surface area contributed by atoms with Gasteiger partial charge in [0.1, 0.15) is 11.1 Å². The van der Waals surface area contributed by atoms with Gasteiger partial charge in [0.05, 0.1) is 4.92 Å². The molecule has 0 saturated heterocycles. The van der Waals surface area contributed by atoms with E-state index in [0.717, 1.165) is 11.1 Å². The van der Waals surface area contributed by atoms with Gasteiger partial charge in [-0.05, 0) is 45.4 Å². The molecule has 1 aromatic heterocycles. The molecule has 26 heavy (non-hydrogen) atoms. The summed E-state index contributed by atoms with van der Waals surface area (Å²) in [5.41, 5.74) is 0.694. The van der Waals surface area contributed by atoms with Gasteiger partial charge in [-0.1, -0.05) is 0 Å². The summed E-state index contributed by atoms with van der Waals surface area (Å²) >= 11 is 0. The Balaban J connectivity index is 2.00. The van der Waals surface area contributed by atoms with Crippen molar-refractivity contribution >= 4 is 28.4 Å². The fraction of sp³-hybridized carbons (Fsp3) is 0.444. The normalized spacial score (nSPS) is 11.2. The van der Waals surface area contributed by atoms with Crippen LogP contribution in [0.3, 0.4) is 0 Å². The van der Waals surface area contributed by atoms with Gasteiger partial charge in [0.2, 0.25) is 0 Å². The van der Waals surface area contributed by atoms with Gasteiger partial charge in [-0.2, -0.15) is 0 Å². The van der Waals surface area contributed by atoms with Crippen LogP contribution in [-0.2, 0) is 4.74 Å². The van der Waals surface area contributed by atoms with Crippen LogP contribution in [0.25, 0.3) is 10.9 Å². The highest BCUT2D eigenvalue weighted by atomic mass is 16.6. The number of amides is 1. The second kappa shape index (κ2) is 7.99. The van der Waals surface area contributed by atoms with Gasteiger partial charge in [0.25, 0.3) is 5.69 Å². The van der Waals surface area contributed by atoms with Crippen LogP contribution in [0.1, 0.15) is 27.2 Å². The summed E-state index contributed by atoms with van der Waals surface area (Å²) in [6, 6.07) is 6.77. The number of hydrogen-bond donors (Lipinski definition) is 1. The molecule has 0 atom stereocenters. The SMILES string of the molecule is CN(CCCNC(=O)OC(C)(C)C)c1ccc([N+](=O)[O-])c2ncccc12. The van der Waals surface area contributed by atoms with Crippen molar-refractivity contribution in [1.82, 2.24) is 10.3 Å². The highest BCUT2D eigenvalue weighted by Crippen LogP contribution is 2.31. The maximum atomic E-state index is 11.6. The second-order valence-electron chi connectivity index (χ2n) is 6.96. The van der Waals surface area contributed by atoms with Crippen LogP contribution >= 0.6 is 0 Å². The van der Waals surface area contributed by atoms with Gasteiger partial charge in [-0.25, -0.2) is 9.78 Å². The molecule has 0 aliphatic rings. The molecule has 140 valence electrons. The number of carbonyl (C=O) groups is 1. The van der Waals surface area contributed by atoms with Crippen molar-refractivity contribution in [2.24, 2.45) is 0 Å². The van der Waals surface area contributed by atoms with Crippen LogP contribution in [0.4, 0.5) is 16.2 Å². The molecule has 1 N–H and O–H groups in total. The number of aromatic nitrogens is 1. The van der Waals surface area contributed by atoms with E-state index in [4.69, 9.17) is 4.74 Å². The summed E-state index contributed by atoms with van der Waals surface area (Å²) in [5.74, 6) is 0. The molecule has 0 aliphatic heterocycles. The predicted octanol–water partition coefficient (Wildman–Crippen LogP) is 3.49. The summed E-state index contributed by atoms with van der Waals surface area (Å²) in [6.07, 6.45) is 1.81. The van der Waals surface area contributed by atoms with Gasteiger partial charge >= 0.3 is 6.09 Å². The molecule has 8 heteroatoms. The van der Waals surface area contributed by atoms with Crippen molar-refractivity contribution in [3.8, 4) is 0 Å². The van der Waals surface area contributed by atoms with E-state index in [-0.39, 0.29) is 5.69 Å². The van der Waals surface area contributed by atoms with Gasteiger partial charge in [-0.3, -0.25) is 10.1 Å². The van der Waals surface area contributed by atoms with E-state index in [1.165, 1.54) is 6.07 Å². The third kappa shape index (κ3) is 5.05. The minimum Gasteiger partial charge on any atom is -0.444 e. The number of hydrogen-bond acceptors (Lipinski definition) is 6. The Morgan fingerprint density at radius 3 is 2.73 bits per heavy atom. The van der Waals surface area contributed by atoms with E-state index in [2.05, 4.69) is 10.3 Å². The van der Waals surface area contributed by atoms with Crippen LogP contribution in [0.5, 0.6) is 0 Å². The number of carbonyl (C=O) groups excluding carboxylic acids is 1. The first kappa shape index (κ1) is 19.4. The number of nitro groups is 1. The molecule has 2 aromatic rings. The molecule has 0 saturated carbocycles. The predicted molar refractivity (Wildman–Crippen MR) is 101 cm³/mol. The van der Waals surface area contributed by atoms with E-state index in [0.29, 0.717) is 25.0 Å². The first-order chi connectivity index (χ1) is 12.2. The zero-order chi connectivity index (χ0) is 19.3. The third-order valence-corrected chi connectivity index (χ3v) is 3.67. The Hall–Kier alpha value is -2.90. The first-order valence-electron chi connectivity index (χ1n) is 8.39. The Morgan fingerprint density at radius 2 is 2.08 bits per heavy atom. The molecule has 0 aliphatic carbocycles. The van der Waals surface area contributed by atoms with Gasteiger partial charge < -0.3 is 15.0 Å². The lowest BCUT2D eigenvalue weighted by atomic mass is 10.1. The lowest BCUT2D eigenvalue weighted by Gasteiger charge is -2.22. The molecule has 0 unspecified atom stereocenters. The summed E-state index contributed by atoms with van der Waals surface area (Å²) in [4.78, 5) is 28.5. The largest absolute Gasteiger partial charge is 0.444 e. The standard InChI is InChI=1S/C18H24N4O4/c1-18(2,3)26-17(23)20-11-6-12-21(4)14-8-9-15(22(24)25)16-13(14)7-5-10-19-16/h5,7-10H,6,11-12H2,1-4H3,(H,20,23). The Morgan fingerprint density at radius 1 is 1.35 bits per heavy atom. The summed E-state index contributed by atoms with van der Waals surface area (Å²) in [6.45, 7) is 6.58. The zero-order valence-corrected chi connectivity index (χ0v) is 15.5. The minimum absolute atomic E-state index is 0.00987. The van der Waals surface area contributed by atoms with Crippen LogP contribution in [-0.4, -0.2) is 41.7 Å². The smallest absolute Gasteiger partial charge is 0.407 e. The average molecular weight is 360 g/mol. The Labute approximate surface area is 152 Å². The fourth-order valence-corrected chi connectivity index (χ4v) is 2.56. The van der Waals surface area contributed by atoms with E-state index in [1.807, 2.05) is 38.8 Å². The van der Waals surface area contributed by atoms with Crippen LogP contribution in [0, 0.1) is 10.1 Å². The average Bonchev–Trinajstić information content (AvgIpc) is 2.55. The molecule has 8 nitrogen and oxygen atoms in total. The van der Waals surface area contributed by atoms with E-state index in [9.17, 15) is 14.9 Å². The zero-order valence-electron chi connectivity index (χ0n) is 15.5. The lowest BCUT2D eigenvalue weighted by molar-refractivity contribution is -0.383. The number of fused-ring (bicyclic) bond motifs is 1. The maximum Gasteiger partial charge on any atom is 0.407 e. The fourth-order valence-electron chi connectivity index (χ4n) is 2.56. The highest BCUT2D eigenvalue weighted by Gasteiger charge is 2.18. The van der Waals surface area contributed by atoms with E-state index >= 15 is 0 Å². The second-order valence-corrected chi connectivity index (χ2v) is 6.96. The number of nitro benzene ring substituents is 1.